The number of hydrogen-bond donors (Lipinski definition) is 3. The fraction of sp³-hybridized carbons (Fsp3) is 0. The summed E-state index contributed by atoms with van der Waals surface area (Å²) >= 11 is 0. The van der Waals surface area contributed by atoms with E-state index in [-0.39, 0.29) is 28.3 Å². The maximum Gasteiger partial charge on any atom is 0.255 e. The molecule has 0 saturated heterocycles. The number of nitrogen functional groups attached to an aromatic ring is 1. The molecule has 20 heavy (non-hydrogen) atoms. The minimum Gasteiger partial charge on any atom is -0.506 e. The van der Waals surface area contributed by atoms with Crippen molar-refractivity contribution in [2.24, 2.45) is 0 Å². The van der Waals surface area contributed by atoms with Gasteiger partial charge in [-0.15, -0.1) is 0 Å². The molecule has 0 atom stereocenters. The number of rotatable bonds is 2. The van der Waals surface area contributed by atoms with E-state index >= 15 is 0 Å². The number of nitrogens with zero attached hydrogens (tertiary/aromatic N) is 1. The lowest BCUT2D eigenvalue weighted by Gasteiger charge is -2.07. The maximum atomic E-state index is 13.1. The van der Waals surface area contributed by atoms with Gasteiger partial charge in [0.25, 0.3) is 5.91 Å². The van der Waals surface area contributed by atoms with Crippen molar-refractivity contribution in [3.63, 3.8) is 0 Å². The molecule has 0 heterocycles. The summed E-state index contributed by atoms with van der Waals surface area (Å²) in [4.78, 5) is 11.9. The van der Waals surface area contributed by atoms with Gasteiger partial charge in [0.1, 0.15) is 17.6 Å². The van der Waals surface area contributed by atoms with Gasteiger partial charge < -0.3 is 16.2 Å². The number of carbonyl (C=O) groups excluding carboxylic acids is 1. The molecule has 100 valence electrons. The van der Waals surface area contributed by atoms with Gasteiger partial charge in [0.05, 0.1) is 11.3 Å². The summed E-state index contributed by atoms with van der Waals surface area (Å²) < 4.78 is 13.1. The molecule has 0 spiro atoms. The minimum absolute atomic E-state index is 0.162. The molecule has 0 aliphatic rings. The van der Waals surface area contributed by atoms with Gasteiger partial charge in [-0.25, -0.2) is 4.39 Å². The van der Waals surface area contributed by atoms with E-state index in [0.717, 1.165) is 6.07 Å². The largest absolute Gasteiger partial charge is 0.506 e. The molecule has 0 bridgehead atoms. The van der Waals surface area contributed by atoms with Crippen molar-refractivity contribution in [1.29, 1.82) is 5.26 Å². The van der Waals surface area contributed by atoms with Crippen molar-refractivity contribution >= 4 is 17.3 Å². The number of phenolic OH excluding ortho intramolecular Hbond substituents is 1. The Morgan fingerprint density at radius 3 is 2.70 bits per heavy atom. The number of anilines is 2. The molecule has 4 N–H and O–H groups in total. The van der Waals surface area contributed by atoms with Crippen molar-refractivity contribution < 1.29 is 14.3 Å². The fourth-order valence-corrected chi connectivity index (χ4v) is 1.58. The molecule has 0 aliphatic heterocycles. The Hall–Kier alpha value is -3.07. The first kappa shape index (κ1) is 13.4. The number of nitrogens with one attached hydrogen (secondary N) is 1. The van der Waals surface area contributed by atoms with Crippen LogP contribution in [0.4, 0.5) is 15.8 Å². The second-order valence-corrected chi connectivity index (χ2v) is 4.03. The molecule has 2 rings (SSSR count). The Bertz CT molecular complexity index is 723. The Balaban J connectivity index is 2.23. The van der Waals surface area contributed by atoms with Gasteiger partial charge in [0.15, 0.2) is 0 Å². The molecule has 0 radical (unpaired) electrons. The number of nitriles is 1. The van der Waals surface area contributed by atoms with E-state index < -0.39 is 11.7 Å². The van der Waals surface area contributed by atoms with Gasteiger partial charge in [0, 0.05) is 11.3 Å². The van der Waals surface area contributed by atoms with Gasteiger partial charge in [-0.3, -0.25) is 4.79 Å². The summed E-state index contributed by atoms with van der Waals surface area (Å²) in [6.45, 7) is 0. The lowest BCUT2D eigenvalue weighted by Crippen LogP contribution is -2.12. The van der Waals surface area contributed by atoms with Crippen LogP contribution in [-0.2, 0) is 0 Å². The zero-order valence-electron chi connectivity index (χ0n) is 10.2. The minimum atomic E-state index is -0.657. The first-order chi connectivity index (χ1) is 9.51. The van der Waals surface area contributed by atoms with Gasteiger partial charge in [-0.05, 0) is 36.4 Å². The lowest BCUT2D eigenvalue weighted by molar-refractivity contribution is 0.102. The second kappa shape index (κ2) is 5.28. The highest BCUT2D eigenvalue weighted by Crippen LogP contribution is 2.21. The maximum absolute atomic E-state index is 13.1. The number of hydrogen-bond acceptors (Lipinski definition) is 4. The molecule has 6 heteroatoms. The highest BCUT2D eigenvalue weighted by Gasteiger charge is 2.10. The van der Waals surface area contributed by atoms with Crippen LogP contribution in [0.1, 0.15) is 15.9 Å². The predicted octanol–water partition coefficient (Wildman–Crippen LogP) is 2.24. The molecule has 5 nitrogen and oxygen atoms in total. The van der Waals surface area contributed by atoms with Crippen LogP contribution in [0, 0.1) is 17.1 Å². The van der Waals surface area contributed by atoms with Crippen molar-refractivity contribution in [2.45, 2.75) is 0 Å². The monoisotopic (exact) mass is 271 g/mol. The molecular weight excluding hydrogens is 261 g/mol. The van der Waals surface area contributed by atoms with E-state index in [1.807, 2.05) is 0 Å². The average molecular weight is 271 g/mol. The number of aromatic hydroxyl groups is 1. The van der Waals surface area contributed by atoms with Gasteiger partial charge in [0.2, 0.25) is 0 Å². The van der Waals surface area contributed by atoms with Crippen LogP contribution in [0.2, 0.25) is 0 Å². The van der Waals surface area contributed by atoms with Crippen LogP contribution in [0.15, 0.2) is 36.4 Å². The van der Waals surface area contributed by atoms with Crippen LogP contribution in [-0.4, -0.2) is 11.0 Å². The van der Waals surface area contributed by atoms with E-state index in [9.17, 15) is 14.3 Å². The Morgan fingerprint density at radius 2 is 2.05 bits per heavy atom. The van der Waals surface area contributed by atoms with E-state index in [1.165, 1.54) is 30.3 Å². The molecule has 0 aromatic heterocycles. The third-order valence-corrected chi connectivity index (χ3v) is 2.64. The van der Waals surface area contributed by atoms with Crippen LogP contribution in [0.5, 0.6) is 5.75 Å². The van der Waals surface area contributed by atoms with E-state index in [0.29, 0.717) is 0 Å². The van der Waals surface area contributed by atoms with Gasteiger partial charge >= 0.3 is 0 Å². The molecule has 2 aromatic carbocycles. The third-order valence-electron chi connectivity index (χ3n) is 2.64. The first-order valence-corrected chi connectivity index (χ1v) is 5.61. The first-order valence-electron chi connectivity index (χ1n) is 5.61. The Kier molecular flexibility index (Phi) is 3.53. The summed E-state index contributed by atoms with van der Waals surface area (Å²) in [5.74, 6) is -1.36. The summed E-state index contributed by atoms with van der Waals surface area (Å²) in [5, 5.41) is 20.6. The number of benzene rings is 2. The van der Waals surface area contributed by atoms with Crippen LogP contribution in [0.25, 0.3) is 0 Å². The second-order valence-electron chi connectivity index (χ2n) is 4.03. The lowest BCUT2D eigenvalue weighted by atomic mass is 10.1. The van der Waals surface area contributed by atoms with Crippen molar-refractivity contribution in [1.82, 2.24) is 0 Å². The summed E-state index contributed by atoms with van der Waals surface area (Å²) in [7, 11) is 0. The summed E-state index contributed by atoms with van der Waals surface area (Å²) in [6, 6.07) is 9.40. The molecule has 0 unspecified atom stereocenters. The van der Waals surface area contributed by atoms with Gasteiger partial charge in [-0.1, -0.05) is 0 Å². The molecule has 0 aliphatic carbocycles. The average Bonchev–Trinajstić information content (AvgIpc) is 2.43. The number of halogens is 1. The zero-order chi connectivity index (χ0) is 14.7. The topological polar surface area (TPSA) is 99.1 Å². The highest BCUT2D eigenvalue weighted by atomic mass is 19.1. The van der Waals surface area contributed by atoms with Crippen molar-refractivity contribution in [2.75, 3.05) is 11.1 Å². The molecule has 1 amide bonds. The fourth-order valence-electron chi connectivity index (χ4n) is 1.58. The molecule has 0 fully saturated rings. The number of phenols is 1. The summed E-state index contributed by atoms with van der Waals surface area (Å²) in [6.07, 6.45) is 0. The van der Waals surface area contributed by atoms with E-state index in [2.05, 4.69) is 5.32 Å². The SMILES string of the molecule is N#Cc1cc(NC(=O)c2ccc(N)c(O)c2)ccc1F. The molecule has 0 saturated carbocycles. The van der Waals surface area contributed by atoms with E-state index in [1.54, 1.807) is 6.07 Å². The third kappa shape index (κ3) is 2.67. The zero-order valence-corrected chi connectivity index (χ0v) is 10.2. The Morgan fingerprint density at radius 1 is 1.30 bits per heavy atom. The number of carbonyl (C=O) groups is 1. The molecule has 2 aromatic rings. The van der Waals surface area contributed by atoms with Crippen molar-refractivity contribution in [3.8, 4) is 11.8 Å². The van der Waals surface area contributed by atoms with Crippen LogP contribution < -0.4 is 11.1 Å². The highest BCUT2D eigenvalue weighted by molar-refractivity contribution is 6.04. The normalized spacial score (nSPS) is 9.80. The molecular formula is C14H10FN3O2. The van der Waals surface area contributed by atoms with E-state index in [4.69, 9.17) is 11.0 Å². The Labute approximate surface area is 114 Å². The smallest absolute Gasteiger partial charge is 0.255 e. The number of amides is 1. The van der Waals surface area contributed by atoms with Crippen LogP contribution >= 0.6 is 0 Å². The summed E-state index contributed by atoms with van der Waals surface area (Å²) in [5.41, 5.74) is 5.91. The number of nitrogens with two attached hydrogens (primary N) is 1. The quantitative estimate of drug-likeness (QED) is 0.576. The predicted molar refractivity (Wildman–Crippen MR) is 71.6 cm³/mol. The van der Waals surface area contributed by atoms with Crippen molar-refractivity contribution in [3.05, 3.63) is 53.3 Å². The van der Waals surface area contributed by atoms with Crippen LogP contribution in [0.3, 0.4) is 0 Å². The van der Waals surface area contributed by atoms with Gasteiger partial charge in [-0.2, -0.15) is 5.26 Å². The standard InChI is InChI=1S/C14H10FN3O2/c15-11-3-2-10(5-9(11)7-16)18-14(20)8-1-4-12(17)13(19)6-8/h1-6,19H,17H2,(H,18,20).